The molecule has 1 aromatic heterocycles. The van der Waals surface area contributed by atoms with Gasteiger partial charge < -0.3 is 5.32 Å². The lowest BCUT2D eigenvalue weighted by atomic mass is 10.2. The highest BCUT2D eigenvalue weighted by atomic mass is 19.1. The number of halogens is 1. The zero-order chi connectivity index (χ0) is 16.2. The minimum atomic E-state index is -0.404. The number of para-hydroxylation sites is 1. The van der Waals surface area contributed by atoms with Crippen molar-refractivity contribution in [1.82, 2.24) is 4.57 Å². The van der Waals surface area contributed by atoms with E-state index in [9.17, 15) is 14.0 Å². The molecule has 1 amide bonds. The Labute approximate surface area is 131 Å². The minimum Gasteiger partial charge on any atom is -0.321 e. The summed E-state index contributed by atoms with van der Waals surface area (Å²) in [5.74, 6) is -0.776. The molecule has 4 nitrogen and oxygen atoms in total. The molecule has 0 fully saturated rings. The van der Waals surface area contributed by atoms with Crippen molar-refractivity contribution in [3.05, 3.63) is 94.7 Å². The lowest BCUT2D eigenvalue weighted by Gasteiger charge is -2.09. The van der Waals surface area contributed by atoms with Crippen LogP contribution >= 0.6 is 0 Å². The molecule has 0 aliphatic rings. The van der Waals surface area contributed by atoms with Gasteiger partial charge in [0, 0.05) is 23.5 Å². The summed E-state index contributed by atoms with van der Waals surface area (Å²) in [6.07, 6.45) is 1.55. The average molecular weight is 308 g/mol. The van der Waals surface area contributed by atoms with Gasteiger partial charge >= 0.3 is 0 Å². The Morgan fingerprint density at radius 2 is 1.61 bits per heavy atom. The molecular weight excluding hydrogens is 295 g/mol. The van der Waals surface area contributed by atoms with Crippen molar-refractivity contribution in [2.24, 2.45) is 0 Å². The molecule has 0 unspecified atom stereocenters. The van der Waals surface area contributed by atoms with E-state index in [-0.39, 0.29) is 11.5 Å². The number of nitrogens with zero attached hydrogens (tertiary/aromatic N) is 1. The molecular formula is C18H13FN2O2. The molecule has 0 radical (unpaired) electrons. The first-order chi connectivity index (χ1) is 11.1. The molecule has 1 N–H and O–H groups in total. The molecule has 0 bridgehead atoms. The van der Waals surface area contributed by atoms with Crippen molar-refractivity contribution >= 4 is 11.6 Å². The Balaban J connectivity index is 1.88. The normalized spacial score (nSPS) is 10.3. The second-order valence-corrected chi connectivity index (χ2v) is 4.92. The van der Waals surface area contributed by atoms with Crippen LogP contribution in [0.5, 0.6) is 0 Å². The summed E-state index contributed by atoms with van der Waals surface area (Å²) < 4.78 is 14.3. The first kappa shape index (κ1) is 14.7. The monoisotopic (exact) mass is 308 g/mol. The highest BCUT2D eigenvalue weighted by molar-refractivity contribution is 6.04. The standard InChI is InChI=1S/C18H13FN2O2/c19-14-8-6-13(7-9-14)18(23)20-15-10-11-17(22)21(12-15)16-4-2-1-3-5-16/h1-12H,(H,20,23). The Morgan fingerprint density at radius 3 is 2.30 bits per heavy atom. The maximum absolute atomic E-state index is 12.9. The van der Waals surface area contributed by atoms with Crippen LogP contribution in [-0.2, 0) is 0 Å². The van der Waals surface area contributed by atoms with Gasteiger partial charge in [-0.25, -0.2) is 4.39 Å². The van der Waals surface area contributed by atoms with E-state index in [1.807, 2.05) is 18.2 Å². The summed E-state index contributed by atoms with van der Waals surface area (Å²) >= 11 is 0. The van der Waals surface area contributed by atoms with Crippen LogP contribution in [0, 0.1) is 5.82 Å². The number of aromatic nitrogens is 1. The summed E-state index contributed by atoms with van der Waals surface area (Å²) in [6.45, 7) is 0. The molecule has 0 aliphatic carbocycles. The van der Waals surface area contributed by atoms with Crippen molar-refractivity contribution in [2.45, 2.75) is 0 Å². The first-order valence-electron chi connectivity index (χ1n) is 6.98. The quantitative estimate of drug-likeness (QED) is 0.807. The van der Waals surface area contributed by atoms with Gasteiger partial charge in [-0.2, -0.15) is 0 Å². The number of pyridine rings is 1. The van der Waals surface area contributed by atoms with E-state index in [0.29, 0.717) is 16.9 Å². The van der Waals surface area contributed by atoms with E-state index < -0.39 is 5.82 Å². The van der Waals surface area contributed by atoms with Gasteiger partial charge in [0.25, 0.3) is 11.5 Å². The Bertz CT molecular complexity index is 887. The molecule has 2 aromatic carbocycles. The topological polar surface area (TPSA) is 51.1 Å². The Morgan fingerprint density at radius 1 is 0.913 bits per heavy atom. The van der Waals surface area contributed by atoms with E-state index >= 15 is 0 Å². The van der Waals surface area contributed by atoms with Crippen molar-refractivity contribution < 1.29 is 9.18 Å². The number of carbonyl (C=O) groups excluding carboxylic acids is 1. The summed E-state index contributed by atoms with van der Waals surface area (Å²) in [5, 5.41) is 2.69. The number of benzene rings is 2. The maximum atomic E-state index is 12.9. The second-order valence-electron chi connectivity index (χ2n) is 4.92. The van der Waals surface area contributed by atoms with Crippen LogP contribution in [-0.4, -0.2) is 10.5 Å². The van der Waals surface area contributed by atoms with Gasteiger partial charge in [0.05, 0.1) is 5.69 Å². The Hall–Kier alpha value is -3.21. The molecule has 3 rings (SSSR count). The number of carbonyl (C=O) groups is 1. The van der Waals surface area contributed by atoms with Crippen LogP contribution in [0.2, 0.25) is 0 Å². The molecule has 0 atom stereocenters. The first-order valence-corrected chi connectivity index (χ1v) is 6.98. The van der Waals surface area contributed by atoms with Gasteiger partial charge in [-0.15, -0.1) is 0 Å². The third kappa shape index (κ3) is 3.35. The molecule has 3 aromatic rings. The molecule has 23 heavy (non-hydrogen) atoms. The largest absolute Gasteiger partial charge is 0.321 e. The van der Waals surface area contributed by atoms with E-state index in [1.54, 1.807) is 18.3 Å². The fourth-order valence-electron chi connectivity index (χ4n) is 2.16. The number of rotatable bonds is 3. The molecule has 5 heteroatoms. The average Bonchev–Trinajstić information content (AvgIpc) is 2.58. The van der Waals surface area contributed by atoms with E-state index in [0.717, 1.165) is 0 Å². The van der Waals surface area contributed by atoms with Crippen LogP contribution in [0.15, 0.2) is 77.7 Å². The van der Waals surface area contributed by atoms with Crippen molar-refractivity contribution in [3.8, 4) is 5.69 Å². The third-order valence-electron chi connectivity index (χ3n) is 3.31. The van der Waals surface area contributed by atoms with E-state index in [2.05, 4.69) is 5.32 Å². The summed E-state index contributed by atoms with van der Waals surface area (Å²) in [4.78, 5) is 24.1. The second kappa shape index (κ2) is 6.27. The van der Waals surface area contributed by atoms with Crippen LogP contribution in [0.25, 0.3) is 5.69 Å². The summed E-state index contributed by atoms with van der Waals surface area (Å²) in [5.41, 5.74) is 1.32. The number of nitrogens with one attached hydrogen (secondary N) is 1. The predicted octanol–water partition coefficient (Wildman–Crippen LogP) is 3.23. The van der Waals surface area contributed by atoms with Crippen molar-refractivity contribution in [2.75, 3.05) is 5.32 Å². The zero-order valence-electron chi connectivity index (χ0n) is 12.1. The molecule has 114 valence electrons. The van der Waals surface area contributed by atoms with E-state index in [1.165, 1.54) is 41.0 Å². The predicted molar refractivity (Wildman–Crippen MR) is 86.4 cm³/mol. The number of hydrogen-bond acceptors (Lipinski definition) is 2. The fraction of sp³-hybridized carbons (Fsp3) is 0. The SMILES string of the molecule is O=C(Nc1ccc(=O)n(-c2ccccc2)c1)c1ccc(F)cc1. The highest BCUT2D eigenvalue weighted by Crippen LogP contribution is 2.11. The number of hydrogen-bond donors (Lipinski definition) is 1. The van der Waals surface area contributed by atoms with Crippen LogP contribution in [0.1, 0.15) is 10.4 Å². The fourth-order valence-corrected chi connectivity index (χ4v) is 2.16. The maximum Gasteiger partial charge on any atom is 0.255 e. The molecule has 1 heterocycles. The van der Waals surface area contributed by atoms with Gasteiger partial charge in [-0.3, -0.25) is 14.2 Å². The minimum absolute atomic E-state index is 0.198. The lowest BCUT2D eigenvalue weighted by Crippen LogP contribution is -2.19. The molecule has 0 spiro atoms. The third-order valence-corrected chi connectivity index (χ3v) is 3.31. The van der Waals surface area contributed by atoms with Gasteiger partial charge in [-0.05, 0) is 42.5 Å². The lowest BCUT2D eigenvalue weighted by molar-refractivity contribution is 0.102. The van der Waals surface area contributed by atoms with Crippen LogP contribution in [0.4, 0.5) is 10.1 Å². The van der Waals surface area contributed by atoms with Gasteiger partial charge in [-0.1, -0.05) is 18.2 Å². The molecule has 0 saturated carbocycles. The highest BCUT2D eigenvalue weighted by Gasteiger charge is 2.08. The van der Waals surface area contributed by atoms with Crippen molar-refractivity contribution in [3.63, 3.8) is 0 Å². The van der Waals surface area contributed by atoms with Crippen LogP contribution in [0.3, 0.4) is 0 Å². The summed E-state index contributed by atoms with van der Waals surface area (Å²) in [7, 11) is 0. The van der Waals surface area contributed by atoms with Gasteiger partial charge in [0.2, 0.25) is 0 Å². The van der Waals surface area contributed by atoms with E-state index in [4.69, 9.17) is 0 Å². The zero-order valence-corrected chi connectivity index (χ0v) is 12.1. The van der Waals surface area contributed by atoms with Gasteiger partial charge in [0.1, 0.15) is 5.82 Å². The number of anilines is 1. The molecule has 0 aliphatic heterocycles. The smallest absolute Gasteiger partial charge is 0.255 e. The van der Waals surface area contributed by atoms with Gasteiger partial charge in [0.15, 0.2) is 0 Å². The molecule has 0 saturated heterocycles. The van der Waals surface area contributed by atoms with Crippen LogP contribution < -0.4 is 10.9 Å². The van der Waals surface area contributed by atoms with Crippen molar-refractivity contribution in [1.29, 1.82) is 0 Å². The summed E-state index contributed by atoms with van der Waals surface area (Å²) in [6, 6.07) is 17.3. The Kier molecular flexibility index (Phi) is 4.01. The number of amides is 1.